The summed E-state index contributed by atoms with van der Waals surface area (Å²) in [6.07, 6.45) is -7.56. The van der Waals surface area contributed by atoms with Crippen molar-refractivity contribution in [3.05, 3.63) is 70.8 Å². The van der Waals surface area contributed by atoms with Gasteiger partial charge in [0.15, 0.2) is 0 Å². The highest BCUT2D eigenvalue weighted by Gasteiger charge is 2.90. The molecule has 0 saturated carbocycles. The minimum atomic E-state index is -7.96. The fourth-order valence-electron chi connectivity index (χ4n) is 3.85. The summed E-state index contributed by atoms with van der Waals surface area (Å²) in [6.45, 7) is 0. The Morgan fingerprint density at radius 3 is 1.72 bits per heavy atom. The predicted octanol–water partition coefficient (Wildman–Crippen LogP) is 9.14. The van der Waals surface area contributed by atoms with E-state index in [4.69, 9.17) is 0 Å². The van der Waals surface area contributed by atoms with Crippen LogP contribution in [0.4, 0.5) is 57.1 Å². The smallest absolute Gasteiger partial charge is 0.294 e. The lowest BCUT2D eigenvalue weighted by atomic mass is 9.91. The summed E-state index contributed by atoms with van der Waals surface area (Å²) in [7, 11) is 0. The van der Waals surface area contributed by atoms with Crippen LogP contribution in [0.15, 0.2) is 65.3 Å². The highest BCUT2D eigenvalue weighted by molar-refractivity contribution is 9.10. The molecule has 0 fully saturated rings. The summed E-state index contributed by atoms with van der Waals surface area (Å²) >= 11 is 3.28. The standard InChI is InChI=1S/C23H10BrF13N2/c24-12-6-7-16-14(9-12)13-3-1-2-4-15(13)39(16)17-8-5-11(10-38-17)18(25,26)19(27,28)20(29,30)21(31,32)22(33,34)23(35,36)37/h1-10H. The van der Waals surface area contributed by atoms with Crippen LogP contribution < -0.4 is 0 Å². The predicted molar refractivity (Wildman–Crippen MR) is 116 cm³/mol. The van der Waals surface area contributed by atoms with Gasteiger partial charge in [-0.2, -0.15) is 57.1 Å². The molecule has 0 N–H and O–H groups in total. The second-order valence-electron chi connectivity index (χ2n) is 8.29. The highest BCUT2D eigenvalue weighted by Crippen LogP contribution is 2.62. The summed E-state index contributed by atoms with van der Waals surface area (Å²) in [4.78, 5) is 3.53. The molecule has 2 aromatic heterocycles. The van der Waals surface area contributed by atoms with Crippen molar-refractivity contribution < 1.29 is 57.1 Å². The molecule has 2 aromatic carbocycles. The summed E-state index contributed by atoms with van der Waals surface area (Å²) in [5.41, 5.74) is -1.29. The van der Waals surface area contributed by atoms with Gasteiger partial charge < -0.3 is 0 Å². The number of rotatable bonds is 6. The van der Waals surface area contributed by atoms with E-state index in [2.05, 4.69) is 20.9 Å². The van der Waals surface area contributed by atoms with Crippen LogP contribution in [-0.4, -0.2) is 39.4 Å². The van der Waals surface area contributed by atoms with Crippen LogP contribution >= 0.6 is 15.9 Å². The van der Waals surface area contributed by atoms with Gasteiger partial charge in [-0.3, -0.25) is 4.57 Å². The second kappa shape index (κ2) is 8.73. The number of benzene rings is 2. The Morgan fingerprint density at radius 2 is 1.15 bits per heavy atom. The minimum absolute atomic E-state index is 0.0891. The second-order valence-corrected chi connectivity index (χ2v) is 9.20. The van der Waals surface area contributed by atoms with Crippen LogP contribution in [0, 0.1) is 0 Å². The zero-order chi connectivity index (χ0) is 29.4. The summed E-state index contributed by atoms with van der Waals surface area (Å²) in [5, 5.41) is 1.25. The average molecular weight is 641 g/mol. The molecule has 0 aliphatic carbocycles. The third-order valence-electron chi connectivity index (χ3n) is 5.91. The first-order valence-corrected chi connectivity index (χ1v) is 11.1. The lowest BCUT2D eigenvalue weighted by Gasteiger charge is -2.39. The molecule has 0 saturated heterocycles. The van der Waals surface area contributed by atoms with Gasteiger partial charge in [-0.15, -0.1) is 0 Å². The molecule has 4 rings (SSSR count). The van der Waals surface area contributed by atoms with Gasteiger partial charge in [-0.25, -0.2) is 4.98 Å². The van der Waals surface area contributed by atoms with E-state index in [0.717, 1.165) is 0 Å². The van der Waals surface area contributed by atoms with Gasteiger partial charge >= 0.3 is 35.8 Å². The van der Waals surface area contributed by atoms with Crippen molar-refractivity contribution >= 4 is 37.7 Å². The van der Waals surface area contributed by atoms with E-state index in [9.17, 15) is 57.1 Å². The van der Waals surface area contributed by atoms with Gasteiger partial charge in [0.05, 0.1) is 11.0 Å². The van der Waals surface area contributed by atoms with E-state index in [1.807, 2.05) is 0 Å². The first-order chi connectivity index (χ1) is 17.7. The maximum absolute atomic E-state index is 14.5. The monoisotopic (exact) mass is 640 g/mol. The van der Waals surface area contributed by atoms with Crippen LogP contribution in [0.3, 0.4) is 0 Å². The van der Waals surface area contributed by atoms with Gasteiger partial charge in [-0.1, -0.05) is 34.1 Å². The molecule has 0 bridgehead atoms. The fraction of sp³-hybridized carbons (Fsp3) is 0.261. The zero-order valence-electron chi connectivity index (χ0n) is 18.5. The summed E-state index contributed by atoms with van der Waals surface area (Å²) < 4.78 is 177. The Morgan fingerprint density at radius 1 is 0.590 bits per heavy atom. The number of hydrogen-bond donors (Lipinski definition) is 0. The molecule has 2 heterocycles. The molecule has 0 unspecified atom stereocenters. The lowest BCUT2D eigenvalue weighted by Crippen LogP contribution is -2.69. The van der Waals surface area contributed by atoms with Gasteiger partial charge in [0.2, 0.25) is 0 Å². The van der Waals surface area contributed by atoms with Gasteiger partial charge in [0, 0.05) is 27.0 Å². The Bertz CT molecular complexity index is 1540. The van der Waals surface area contributed by atoms with Crippen LogP contribution in [0.2, 0.25) is 0 Å². The molecule has 4 aromatic rings. The topological polar surface area (TPSA) is 17.8 Å². The van der Waals surface area contributed by atoms with Crippen LogP contribution in [0.25, 0.3) is 27.6 Å². The number of hydrogen-bond acceptors (Lipinski definition) is 1. The molecular weight excluding hydrogens is 631 g/mol. The summed E-state index contributed by atoms with van der Waals surface area (Å²) in [5.74, 6) is -37.7. The van der Waals surface area contributed by atoms with E-state index in [-0.39, 0.29) is 18.1 Å². The Balaban J connectivity index is 1.80. The summed E-state index contributed by atoms with van der Waals surface area (Å²) in [6, 6.07) is 12.1. The maximum Gasteiger partial charge on any atom is 0.460 e. The fourth-order valence-corrected chi connectivity index (χ4v) is 4.21. The molecule has 39 heavy (non-hydrogen) atoms. The molecule has 0 atom stereocenters. The van der Waals surface area contributed by atoms with Crippen molar-refractivity contribution in [1.29, 1.82) is 0 Å². The highest BCUT2D eigenvalue weighted by atomic mass is 79.9. The Hall–Kier alpha value is -3.04. The average Bonchev–Trinajstić information content (AvgIpc) is 3.16. The first kappa shape index (κ1) is 29.0. The van der Waals surface area contributed by atoms with Gasteiger partial charge in [0.25, 0.3) is 0 Å². The van der Waals surface area contributed by atoms with E-state index >= 15 is 0 Å². The minimum Gasteiger partial charge on any atom is -0.294 e. The first-order valence-electron chi connectivity index (χ1n) is 10.3. The molecule has 16 heteroatoms. The zero-order valence-corrected chi connectivity index (χ0v) is 20.0. The van der Waals surface area contributed by atoms with Crippen molar-refractivity contribution in [1.82, 2.24) is 9.55 Å². The number of halogens is 14. The molecule has 0 radical (unpaired) electrons. The SMILES string of the molecule is FC(F)(F)C(F)(F)C(F)(F)C(F)(F)C(F)(F)C(F)(F)c1ccc(-n2c3ccccc3c3cc(Br)ccc32)nc1. The number of aromatic nitrogens is 2. The van der Waals surface area contributed by atoms with E-state index in [1.54, 1.807) is 42.5 Å². The lowest BCUT2D eigenvalue weighted by molar-refractivity contribution is -0.441. The molecule has 210 valence electrons. The Labute approximate surface area is 217 Å². The van der Waals surface area contributed by atoms with Crippen molar-refractivity contribution in [3.63, 3.8) is 0 Å². The number of para-hydroxylation sites is 1. The molecular formula is C23H10BrF13N2. The quantitative estimate of drug-likeness (QED) is 0.192. The number of fused-ring (bicyclic) bond motifs is 3. The molecule has 2 nitrogen and oxygen atoms in total. The largest absolute Gasteiger partial charge is 0.460 e. The number of alkyl halides is 13. The number of pyridine rings is 1. The van der Waals surface area contributed by atoms with E-state index in [1.165, 1.54) is 4.57 Å². The van der Waals surface area contributed by atoms with Crippen LogP contribution in [0.1, 0.15) is 5.56 Å². The van der Waals surface area contributed by atoms with E-state index in [0.29, 0.717) is 32.3 Å². The van der Waals surface area contributed by atoms with Crippen molar-refractivity contribution in [2.24, 2.45) is 0 Å². The maximum atomic E-state index is 14.5. The van der Waals surface area contributed by atoms with Gasteiger partial charge in [-0.05, 0) is 36.4 Å². The van der Waals surface area contributed by atoms with Crippen molar-refractivity contribution in [3.8, 4) is 5.82 Å². The third-order valence-corrected chi connectivity index (χ3v) is 6.40. The molecule has 0 aliphatic rings. The Kier molecular flexibility index (Phi) is 6.48. The molecule has 0 spiro atoms. The molecule has 0 aliphatic heterocycles. The van der Waals surface area contributed by atoms with Gasteiger partial charge in [0.1, 0.15) is 5.82 Å². The van der Waals surface area contributed by atoms with Crippen LogP contribution in [0.5, 0.6) is 0 Å². The van der Waals surface area contributed by atoms with Crippen molar-refractivity contribution in [2.45, 2.75) is 35.8 Å². The van der Waals surface area contributed by atoms with E-state index < -0.39 is 41.4 Å². The van der Waals surface area contributed by atoms with Crippen LogP contribution in [-0.2, 0) is 5.92 Å². The third kappa shape index (κ3) is 3.96. The molecule has 0 amide bonds. The van der Waals surface area contributed by atoms with Crippen molar-refractivity contribution in [2.75, 3.05) is 0 Å². The number of nitrogens with zero attached hydrogens (tertiary/aromatic N) is 2. The normalized spacial score (nSPS) is 14.4.